The summed E-state index contributed by atoms with van der Waals surface area (Å²) in [4.78, 5) is 28.8. The quantitative estimate of drug-likeness (QED) is 0.600. The first-order valence-corrected chi connectivity index (χ1v) is 8.82. The van der Waals surface area contributed by atoms with E-state index in [1.165, 1.54) is 0 Å². The minimum atomic E-state index is -0.922. The lowest BCUT2D eigenvalue weighted by Gasteiger charge is -2.22. The van der Waals surface area contributed by atoms with E-state index in [4.69, 9.17) is 4.99 Å². The second kappa shape index (κ2) is 8.85. The molecular formula is C18H30N2O3. The van der Waals surface area contributed by atoms with Gasteiger partial charge >= 0.3 is 5.97 Å². The zero-order chi connectivity index (χ0) is 17.5. The van der Waals surface area contributed by atoms with Crippen molar-refractivity contribution < 1.29 is 14.7 Å². The lowest BCUT2D eigenvalue weighted by molar-refractivity contribution is -0.132. The summed E-state index contributed by atoms with van der Waals surface area (Å²) < 4.78 is 0. The third kappa shape index (κ3) is 4.43. The lowest BCUT2D eigenvalue weighted by atomic mass is 9.88. The highest BCUT2D eigenvalue weighted by Crippen LogP contribution is 2.31. The molecule has 0 saturated carbocycles. The van der Waals surface area contributed by atoms with Crippen molar-refractivity contribution in [2.45, 2.75) is 84.6 Å². The minimum Gasteiger partial charge on any atom is -0.478 e. The number of carbonyl (C=O) groups excluding carboxylic acids is 1. The highest BCUT2D eigenvalue weighted by molar-refractivity contribution is 6.17. The highest BCUT2D eigenvalue weighted by Gasteiger charge is 2.43. The van der Waals surface area contributed by atoms with Gasteiger partial charge in [-0.05, 0) is 25.7 Å². The van der Waals surface area contributed by atoms with Gasteiger partial charge in [-0.1, -0.05) is 53.4 Å². The maximum absolute atomic E-state index is 12.6. The largest absolute Gasteiger partial charge is 0.478 e. The molecule has 1 atom stereocenters. The zero-order valence-corrected chi connectivity index (χ0v) is 14.9. The maximum atomic E-state index is 12.6. The number of amidine groups is 1. The summed E-state index contributed by atoms with van der Waals surface area (Å²) in [5.41, 5.74) is 0.329. The summed E-state index contributed by atoms with van der Waals surface area (Å²) in [5.74, 6) is -0.507. The Hall–Kier alpha value is -1.65. The Morgan fingerprint density at radius 1 is 1.13 bits per heavy atom. The van der Waals surface area contributed by atoms with Crippen molar-refractivity contribution in [2.75, 3.05) is 0 Å². The van der Waals surface area contributed by atoms with Gasteiger partial charge < -0.3 is 10.4 Å². The topological polar surface area (TPSA) is 78.8 Å². The molecule has 130 valence electrons. The van der Waals surface area contributed by atoms with E-state index in [1.54, 1.807) is 0 Å². The predicted molar refractivity (Wildman–Crippen MR) is 92.6 cm³/mol. The lowest BCUT2D eigenvalue weighted by Crippen LogP contribution is -2.40. The maximum Gasteiger partial charge on any atom is 0.331 e. The van der Waals surface area contributed by atoms with Gasteiger partial charge in [-0.15, -0.1) is 0 Å². The number of hydrogen-bond donors (Lipinski definition) is 2. The van der Waals surface area contributed by atoms with E-state index in [0.717, 1.165) is 32.1 Å². The van der Waals surface area contributed by atoms with Crippen LogP contribution in [0.15, 0.2) is 16.1 Å². The monoisotopic (exact) mass is 322 g/mol. The first-order chi connectivity index (χ1) is 11.0. The fraction of sp³-hybridized carbons (Fsp3) is 0.722. The number of rotatable bonds is 10. The average molecular weight is 322 g/mol. The van der Waals surface area contributed by atoms with Crippen molar-refractivity contribution in [2.24, 2.45) is 4.99 Å². The molecule has 0 fully saturated rings. The molecule has 1 aliphatic heterocycles. The molecule has 0 bridgehead atoms. The first-order valence-electron chi connectivity index (χ1n) is 8.82. The third-order valence-electron chi connectivity index (χ3n) is 4.35. The second-order valence-corrected chi connectivity index (χ2v) is 6.17. The van der Waals surface area contributed by atoms with E-state index >= 15 is 0 Å². The van der Waals surface area contributed by atoms with E-state index in [1.807, 2.05) is 20.8 Å². The molecule has 1 aliphatic rings. The molecule has 0 saturated heterocycles. The number of hydrogen-bond acceptors (Lipinski definition) is 3. The molecule has 0 aromatic rings. The van der Waals surface area contributed by atoms with Gasteiger partial charge in [-0.2, -0.15) is 0 Å². The van der Waals surface area contributed by atoms with Crippen molar-refractivity contribution in [1.29, 1.82) is 0 Å². The van der Waals surface area contributed by atoms with Gasteiger partial charge in [0.1, 0.15) is 11.4 Å². The standard InChI is InChI=1S/C18H30N2O3/c1-5-9-12-18(11-7-3)17(23)19-15(20-18)14(10-6-2)13(8-4)16(21)22/h5-12H2,1-4H3,(H,21,22)(H,19,20,23)/b14-13+. The van der Waals surface area contributed by atoms with E-state index < -0.39 is 11.5 Å². The summed E-state index contributed by atoms with van der Waals surface area (Å²) >= 11 is 0. The summed E-state index contributed by atoms with van der Waals surface area (Å²) in [6, 6.07) is 0. The number of amides is 1. The summed E-state index contributed by atoms with van der Waals surface area (Å²) in [6.07, 6.45) is 6.11. The van der Waals surface area contributed by atoms with Gasteiger partial charge in [0, 0.05) is 11.1 Å². The number of carboxylic acid groups (broad SMARTS) is 1. The molecule has 0 spiro atoms. The van der Waals surface area contributed by atoms with Crippen LogP contribution < -0.4 is 5.32 Å². The number of aliphatic carboxylic acids is 1. The molecule has 2 N–H and O–H groups in total. The Kier molecular flexibility index (Phi) is 7.46. The van der Waals surface area contributed by atoms with E-state index in [2.05, 4.69) is 12.2 Å². The van der Waals surface area contributed by atoms with E-state index in [9.17, 15) is 14.7 Å². The predicted octanol–water partition coefficient (Wildman–Crippen LogP) is 3.84. The zero-order valence-electron chi connectivity index (χ0n) is 14.9. The first kappa shape index (κ1) is 19.4. The van der Waals surface area contributed by atoms with Crippen LogP contribution in [0.1, 0.15) is 79.1 Å². The van der Waals surface area contributed by atoms with Crippen molar-refractivity contribution in [3.63, 3.8) is 0 Å². The molecule has 5 heteroatoms. The fourth-order valence-electron chi connectivity index (χ4n) is 3.16. The number of nitrogens with zero attached hydrogens (tertiary/aromatic N) is 1. The number of carbonyl (C=O) groups is 2. The second-order valence-electron chi connectivity index (χ2n) is 6.17. The fourth-order valence-corrected chi connectivity index (χ4v) is 3.16. The van der Waals surface area contributed by atoms with Crippen molar-refractivity contribution >= 4 is 17.7 Å². The Labute approximate surface area is 139 Å². The van der Waals surface area contributed by atoms with Crippen LogP contribution in [0.5, 0.6) is 0 Å². The van der Waals surface area contributed by atoms with Gasteiger partial charge in [-0.3, -0.25) is 9.79 Å². The van der Waals surface area contributed by atoms with Crippen LogP contribution in [-0.4, -0.2) is 28.4 Å². The average Bonchev–Trinajstić information content (AvgIpc) is 2.82. The molecule has 0 aliphatic carbocycles. The number of aliphatic imine (C=N–C) groups is 1. The summed E-state index contributed by atoms with van der Waals surface area (Å²) in [5, 5.41) is 12.3. The van der Waals surface area contributed by atoms with Crippen LogP contribution in [0.25, 0.3) is 0 Å². The Bertz CT molecular complexity index is 508. The Morgan fingerprint density at radius 3 is 2.30 bits per heavy atom. The van der Waals surface area contributed by atoms with Gasteiger partial charge in [0.25, 0.3) is 5.91 Å². The van der Waals surface area contributed by atoms with E-state index in [-0.39, 0.29) is 5.91 Å². The van der Waals surface area contributed by atoms with Crippen LogP contribution in [-0.2, 0) is 9.59 Å². The molecule has 0 radical (unpaired) electrons. The SMILES string of the molecule is CCCCC1(CCC)N=C(/C(CCC)=C(\CC)C(=O)O)NC1=O. The molecule has 1 heterocycles. The van der Waals surface area contributed by atoms with Crippen molar-refractivity contribution in [3.05, 3.63) is 11.1 Å². The number of carboxylic acids is 1. The molecule has 23 heavy (non-hydrogen) atoms. The number of unbranched alkanes of at least 4 members (excludes halogenated alkanes) is 1. The Morgan fingerprint density at radius 2 is 1.83 bits per heavy atom. The molecule has 5 nitrogen and oxygen atoms in total. The smallest absolute Gasteiger partial charge is 0.331 e. The van der Waals surface area contributed by atoms with Gasteiger partial charge in [0.05, 0.1) is 0 Å². The molecular weight excluding hydrogens is 292 g/mol. The van der Waals surface area contributed by atoms with Crippen LogP contribution in [0.2, 0.25) is 0 Å². The summed E-state index contributed by atoms with van der Waals surface area (Å²) in [7, 11) is 0. The third-order valence-corrected chi connectivity index (χ3v) is 4.35. The van der Waals surface area contributed by atoms with Gasteiger partial charge in [0.2, 0.25) is 0 Å². The van der Waals surface area contributed by atoms with Gasteiger partial charge in [-0.25, -0.2) is 4.79 Å². The highest BCUT2D eigenvalue weighted by atomic mass is 16.4. The minimum absolute atomic E-state index is 0.0720. The van der Waals surface area contributed by atoms with Crippen LogP contribution in [0.3, 0.4) is 0 Å². The molecule has 0 aromatic carbocycles. The van der Waals surface area contributed by atoms with Crippen molar-refractivity contribution in [3.8, 4) is 0 Å². The van der Waals surface area contributed by atoms with Crippen LogP contribution >= 0.6 is 0 Å². The molecule has 0 aromatic heterocycles. The van der Waals surface area contributed by atoms with Crippen LogP contribution in [0, 0.1) is 0 Å². The molecule has 1 amide bonds. The van der Waals surface area contributed by atoms with Crippen molar-refractivity contribution in [1.82, 2.24) is 5.32 Å². The van der Waals surface area contributed by atoms with Crippen LogP contribution in [0.4, 0.5) is 0 Å². The normalized spacial score (nSPS) is 21.7. The summed E-state index contributed by atoms with van der Waals surface area (Å²) in [6.45, 7) is 7.97. The van der Waals surface area contributed by atoms with Gasteiger partial charge in [0.15, 0.2) is 0 Å². The Balaban J connectivity index is 3.30. The number of nitrogens with one attached hydrogen (secondary N) is 1. The van der Waals surface area contributed by atoms with E-state index in [0.29, 0.717) is 36.2 Å². The molecule has 1 rings (SSSR count). The molecule has 1 unspecified atom stereocenters.